The van der Waals surface area contributed by atoms with Crippen LogP contribution < -0.4 is 10.1 Å². The highest BCUT2D eigenvalue weighted by Gasteiger charge is 2.20. The van der Waals surface area contributed by atoms with Gasteiger partial charge in [0.15, 0.2) is 0 Å². The molecule has 3 heterocycles. The van der Waals surface area contributed by atoms with Gasteiger partial charge in [-0.05, 0) is 37.2 Å². The molecule has 23 heavy (non-hydrogen) atoms. The lowest BCUT2D eigenvalue weighted by Crippen LogP contribution is -2.19. The van der Waals surface area contributed by atoms with Gasteiger partial charge in [-0.15, -0.1) is 0 Å². The van der Waals surface area contributed by atoms with Crippen LogP contribution >= 0.6 is 0 Å². The summed E-state index contributed by atoms with van der Waals surface area (Å²) < 4.78 is 11.5. The zero-order valence-electron chi connectivity index (χ0n) is 12.5. The third kappa shape index (κ3) is 2.93. The van der Waals surface area contributed by atoms with Gasteiger partial charge in [0.1, 0.15) is 11.9 Å². The summed E-state index contributed by atoms with van der Waals surface area (Å²) >= 11 is 0. The zero-order valence-corrected chi connectivity index (χ0v) is 12.5. The van der Waals surface area contributed by atoms with Crippen molar-refractivity contribution >= 4 is 0 Å². The summed E-state index contributed by atoms with van der Waals surface area (Å²) in [5, 5.41) is 7.35. The Morgan fingerprint density at radius 3 is 2.83 bits per heavy atom. The predicted octanol–water partition coefficient (Wildman–Crippen LogP) is 2.54. The molecule has 4 rings (SSSR count). The molecule has 1 aliphatic rings. The number of para-hydroxylation sites is 1. The van der Waals surface area contributed by atoms with Crippen LogP contribution in [0.3, 0.4) is 0 Å². The Balaban J connectivity index is 1.64. The number of benzene rings is 1. The van der Waals surface area contributed by atoms with Crippen LogP contribution in [0.25, 0.3) is 22.8 Å². The molecule has 1 atom stereocenters. The Morgan fingerprint density at radius 2 is 2.00 bits per heavy atom. The molecule has 0 unspecified atom stereocenters. The number of nitrogens with one attached hydrogen (secondary N) is 1. The normalized spacial score (nSPS) is 17.3. The van der Waals surface area contributed by atoms with E-state index in [1.54, 1.807) is 12.4 Å². The highest BCUT2D eigenvalue weighted by atomic mass is 16.5. The number of pyridine rings is 1. The Bertz CT molecular complexity index is 782. The standard InChI is InChI=1S/C17H16N4O2/c1-2-4-15(22-13-7-10-19-11-13)14(3-1)17-20-16(21-23-17)12-5-8-18-9-6-12/h1-6,8-9,13,19H,7,10-11H2/t13-/m0/s1. The van der Waals surface area contributed by atoms with E-state index in [1.807, 2.05) is 36.4 Å². The Kier molecular flexibility index (Phi) is 3.73. The third-order valence-corrected chi connectivity index (χ3v) is 3.79. The minimum Gasteiger partial charge on any atom is -0.488 e. The second-order valence-electron chi connectivity index (χ2n) is 5.39. The van der Waals surface area contributed by atoms with E-state index in [1.165, 1.54) is 0 Å². The molecule has 1 aromatic carbocycles. The molecule has 0 spiro atoms. The molecule has 1 N–H and O–H groups in total. The average molecular weight is 308 g/mol. The summed E-state index contributed by atoms with van der Waals surface area (Å²) in [6, 6.07) is 11.4. The van der Waals surface area contributed by atoms with Crippen LogP contribution in [0.4, 0.5) is 0 Å². The summed E-state index contributed by atoms with van der Waals surface area (Å²) in [4.78, 5) is 8.48. The van der Waals surface area contributed by atoms with Gasteiger partial charge in [-0.2, -0.15) is 4.98 Å². The van der Waals surface area contributed by atoms with Gasteiger partial charge in [0.05, 0.1) is 5.56 Å². The first-order chi connectivity index (χ1) is 11.4. The van der Waals surface area contributed by atoms with Gasteiger partial charge in [0.2, 0.25) is 5.82 Å². The second-order valence-corrected chi connectivity index (χ2v) is 5.39. The van der Waals surface area contributed by atoms with Crippen molar-refractivity contribution in [1.82, 2.24) is 20.4 Å². The highest BCUT2D eigenvalue weighted by molar-refractivity contribution is 5.65. The molecule has 0 saturated carbocycles. The van der Waals surface area contributed by atoms with Gasteiger partial charge in [-0.25, -0.2) is 0 Å². The van der Waals surface area contributed by atoms with E-state index in [9.17, 15) is 0 Å². The van der Waals surface area contributed by atoms with Gasteiger partial charge in [0.25, 0.3) is 5.89 Å². The van der Waals surface area contributed by atoms with Gasteiger partial charge < -0.3 is 14.6 Å². The molecule has 1 aliphatic heterocycles. The van der Waals surface area contributed by atoms with E-state index in [4.69, 9.17) is 9.26 Å². The molecule has 1 fully saturated rings. The van der Waals surface area contributed by atoms with E-state index in [-0.39, 0.29) is 6.10 Å². The molecule has 0 aliphatic carbocycles. The molecule has 0 radical (unpaired) electrons. The molecule has 116 valence electrons. The second kappa shape index (κ2) is 6.18. The quantitative estimate of drug-likeness (QED) is 0.798. The first kappa shape index (κ1) is 13.9. The van der Waals surface area contributed by atoms with Crippen LogP contribution in [0, 0.1) is 0 Å². The van der Waals surface area contributed by atoms with Crippen molar-refractivity contribution in [2.75, 3.05) is 13.1 Å². The van der Waals surface area contributed by atoms with Gasteiger partial charge in [-0.1, -0.05) is 17.3 Å². The number of hydrogen-bond donors (Lipinski definition) is 1. The third-order valence-electron chi connectivity index (χ3n) is 3.79. The van der Waals surface area contributed by atoms with E-state index >= 15 is 0 Å². The van der Waals surface area contributed by atoms with E-state index in [2.05, 4.69) is 20.4 Å². The van der Waals surface area contributed by atoms with Gasteiger partial charge in [0, 0.05) is 24.5 Å². The maximum absolute atomic E-state index is 6.08. The highest BCUT2D eigenvalue weighted by Crippen LogP contribution is 2.31. The fourth-order valence-electron chi connectivity index (χ4n) is 2.61. The Morgan fingerprint density at radius 1 is 1.13 bits per heavy atom. The maximum atomic E-state index is 6.08. The van der Waals surface area contributed by atoms with E-state index in [0.717, 1.165) is 36.4 Å². The minimum atomic E-state index is 0.179. The predicted molar refractivity (Wildman–Crippen MR) is 84.9 cm³/mol. The number of rotatable bonds is 4. The van der Waals surface area contributed by atoms with Crippen LogP contribution in [0.15, 0.2) is 53.3 Å². The van der Waals surface area contributed by atoms with Crippen molar-refractivity contribution in [2.24, 2.45) is 0 Å². The van der Waals surface area contributed by atoms with E-state index in [0.29, 0.717) is 11.7 Å². The van der Waals surface area contributed by atoms with Crippen LogP contribution in [0.2, 0.25) is 0 Å². The monoisotopic (exact) mass is 308 g/mol. The van der Waals surface area contributed by atoms with Gasteiger partial charge in [-0.3, -0.25) is 4.98 Å². The summed E-state index contributed by atoms with van der Waals surface area (Å²) in [6.45, 7) is 1.85. The molecule has 6 heteroatoms. The Hall–Kier alpha value is -2.73. The SMILES string of the molecule is c1ccc(-c2nc(-c3ccncc3)no2)c(O[C@H]2CCNC2)c1. The van der Waals surface area contributed by atoms with Crippen molar-refractivity contribution in [2.45, 2.75) is 12.5 Å². The largest absolute Gasteiger partial charge is 0.488 e. The minimum absolute atomic E-state index is 0.179. The molecular formula is C17H16N4O2. The zero-order chi connectivity index (χ0) is 15.5. The first-order valence-electron chi connectivity index (χ1n) is 7.61. The number of ether oxygens (including phenoxy) is 1. The molecular weight excluding hydrogens is 292 g/mol. The van der Waals surface area contributed by atoms with Crippen molar-refractivity contribution in [3.05, 3.63) is 48.8 Å². The lowest BCUT2D eigenvalue weighted by atomic mass is 10.2. The van der Waals surface area contributed by atoms with Crippen molar-refractivity contribution in [3.63, 3.8) is 0 Å². The van der Waals surface area contributed by atoms with Gasteiger partial charge >= 0.3 is 0 Å². The molecule has 0 bridgehead atoms. The van der Waals surface area contributed by atoms with Crippen molar-refractivity contribution < 1.29 is 9.26 Å². The van der Waals surface area contributed by atoms with Crippen LogP contribution in [0.5, 0.6) is 5.75 Å². The molecule has 6 nitrogen and oxygen atoms in total. The van der Waals surface area contributed by atoms with E-state index < -0.39 is 0 Å². The van der Waals surface area contributed by atoms with Crippen molar-refractivity contribution in [3.8, 4) is 28.6 Å². The molecule has 2 aromatic heterocycles. The fraction of sp³-hybridized carbons (Fsp3) is 0.235. The summed E-state index contributed by atoms with van der Waals surface area (Å²) in [7, 11) is 0. The Labute approximate surface area is 133 Å². The fourth-order valence-corrected chi connectivity index (χ4v) is 2.61. The van der Waals surface area contributed by atoms with Crippen LogP contribution in [-0.4, -0.2) is 34.3 Å². The lowest BCUT2D eigenvalue weighted by Gasteiger charge is -2.14. The first-order valence-corrected chi connectivity index (χ1v) is 7.61. The summed E-state index contributed by atoms with van der Waals surface area (Å²) in [5.74, 6) is 1.77. The lowest BCUT2D eigenvalue weighted by molar-refractivity contribution is 0.223. The number of hydrogen-bond acceptors (Lipinski definition) is 6. The number of aromatic nitrogens is 3. The topological polar surface area (TPSA) is 73.1 Å². The maximum Gasteiger partial charge on any atom is 0.262 e. The molecule has 1 saturated heterocycles. The average Bonchev–Trinajstić information content (AvgIpc) is 3.28. The molecule has 3 aromatic rings. The summed E-state index contributed by atoms with van der Waals surface area (Å²) in [6.07, 6.45) is 4.59. The smallest absolute Gasteiger partial charge is 0.262 e. The van der Waals surface area contributed by atoms with Crippen molar-refractivity contribution in [1.29, 1.82) is 0 Å². The molecule has 0 amide bonds. The summed E-state index contributed by atoms with van der Waals surface area (Å²) in [5.41, 5.74) is 1.68. The number of nitrogens with zero attached hydrogens (tertiary/aromatic N) is 3. The van der Waals surface area contributed by atoms with Crippen LogP contribution in [0.1, 0.15) is 6.42 Å². The van der Waals surface area contributed by atoms with Crippen LogP contribution in [-0.2, 0) is 0 Å².